The first-order valence-electron chi connectivity index (χ1n) is 6.59. The molecular formula is C14H20ClFN2O2. The molecule has 1 saturated heterocycles. The summed E-state index contributed by atoms with van der Waals surface area (Å²) in [7, 11) is 0. The smallest absolute Gasteiger partial charge is 0.237 e. The first-order valence-corrected chi connectivity index (χ1v) is 6.59. The lowest BCUT2D eigenvalue weighted by Crippen LogP contribution is -2.43. The zero-order valence-corrected chi connectivity index (χ0v) is 12.2. The first-order chi connectivity index (χ1) is 9.16. The van der Waals surface area contributed by atoms with E-state index in [1.807, 2.05) is 0 Å². The van der Waals surface area contributed by atoms with Crippen molar-refractivity contribution in [1.82, 2.24) is 10.6 Å². The second-order valence-electron chi connectivity index (χ2n) is 4.75. The number of hydrogen-bond donors (Lipinski definition) is 2. The second-order valence-corrected chi connectivity index (χ2v) is 4.75. The molecule has 1 amide bonds. The lowest BCUT2D eigenvalue weighted by Gasteiger charge is -2.17. The Morgan fingerprint density at radius 2 is 2.30 bits per heavy atom. The molecule has 1 aromatic carbocycles. The molecule has 0 radical (unpaired) electrons. The minimum absolute atomic E-state index is 0. The van der Waals surface area contributed by atoms with Gasteiger partial charge in [0.25, 0.3) is 0 Å². The van der Waals surface area contributed by atoms with Gasteiger partial charge < -0.3 is 15.4 Å². The molecule has 4 nitrogen and oxygen atoms in total. The highest BCUT2D eigenvalue weighted by atomic mass is 35.5. The number of rotatable bonds is 5. The maximum atomic E-state index is 13.4. The molecular weight excluding hydrogens is 283 g/mol. The van der Waals surface area contributed by atoms with Crippen molar-refractivity contribution in [1.29, 1.82) is 0 Å². The van der Waals surface area contributed by atoms with Crippen LogP contribution in [0.3, 0.4) is 0 Å². The van der Waals surface area contributed by atoms with E-state index in [-0.39, 0.29) is 36.2 Å². The number of nitrogens with one attached hydrogen (secondary N) is 2. The molecule has 2 atom stereocenters. The summed E-state index contributed by atoms with van der Waals surface area (Å²) in [6.45, 7) is 3.06. The Kier molecular flexibility index (Phi) is 6.75. The number of para-hydroxylation sites is 1. The fourth-order valence-corrected chi connectivity index (χ4v) is 2.07. The summed E-state index contributed by atoms with van der Waals surface area (Å²) >= 11 is 0. The lowest BCUT2D eigenvalue weighted by molar-refractivity contribution is -0.123. The van der Waals surface area contributed by atoms with E-state index in [9.17, 15) is 9.18 Å². The highest BCUT2D eigenvalue weighted by Crippen LogP contribution is 2.16. The van der Waals surface area contributed by atoms with E-state index >= 15 is 0 Å². The van der Waals surface area contributed by atoms with Gasteiger partial charge in [0.15, 0.2) is 11.6 Å². The van der Waals surface area contributed by atoms with Gasteiger partial charge in [-0.3, -0.25) is 4.79 Å². The third kappa shape index (κ3) is 4.65. The van der Waals surface area contributed by atoms with Crippen LogP contribution >= 0.6 is 12.4 Å². The van der Waals surface area contributed by atoms with Crippen molar-refractivity contribution < 1.29 is 13.9 Å². The normalized spacial score (nSPS) is 19.0. The zero-order chi connectivity index (χ0) is 13.7. The van der Waals surface area contributed by atoms with Gasteiger partial charge in [0.2, 0.25) is 5.91 Å². The quantitative estimate of drug-likeness (QED) is 0.873. The number of benzene rings is 1. The van der Waals surface area contributed by atoms with Crippen molar-refractivity contribution in [3.05, 3.63) is 30.1 Å². The average Bonchev–Trinajstić information content (AvgIpc) is 2.93. The Morgan fingerprint density at radius 3 is 2.95 bits per heavy atom. The first kappa shape index (κ1) is 16.7. The summed E-state index contributed by atoms with van der Waals surface area (Å²) in [5.74, 6) is -0.192. The van der Waals surface area contributed by atoms with Crippen molar-refractivity contribution in [3.63, 3.8) is 0 Å². The largest absolute Gasteiger partial charge is 0.486 e. The number of amides is 1. The van der Waals surface area contributed by atoms with Crippen molar-refractivity contribution in [2.24, 2.45) is 0 Å². The Bertz CT molecular complexity index is 439. The second kappa shape index (κ2) is 8.07. The number of carbonyl (C=O) groups is 1. The van der Waals surface area contributed by atoms with E-state index in [1.54, 1.807) is 25.1 Å². The molecule has 1 aromatic rings. The summed E-state index contributed by atoms with van der Waals surface area (Å²) < 4.78 is 18.8. The Hall–Kier alpha value is -1.33. The summed E-state index contributed by atoms with van der Waals surface area (Å²) in [5.41, 5.74) is 0. The molecule has 2 N–H and O–H groups in total. The van der Waals surface area contributed by atoms with Gasteiger partial charge in [-0.15, -0.1) is 12.4 Å². The van der Waals surface area contributed by atoms with Crippen LogP contribution in [-0.2, 0) is 4.79 Å². The van der Waals surface area contributed by atoms with Gasteiger partial charge in [0, 0.05) is 0 Å². The topological polar surface area (TPSA) is 50.4 Å². The maximum absolute atomic E-state index is 13.4. The molecule has 0 spiro atoms. The van der Waals surface area contributed by atoms with E-state index in [2.05, 4.69) is 10.6 Å². The van der Waals surface area contributed by atoms with Gasteiger partial charge in [-0.25, -0.2) is 4.39 Å². The van der Waals surface area contributed by atoms with Crippen LogP contribution in [0.1, 0.15) is 19.8 Å². The molecule has 1 aliphatic heterocycles. The number of hydrogen-bond acceptors (Lipinski definition) is 3. The van der Waals surface area contributed by atoms with E-state index in [0.29, 0.717) is 6.54 Å². The predicted octanol–water partition coefficient (Wildman–Crippen LogP) is 1.88. The maximum Gasteiger partial charge on any atom is 0.237 e. The fourth-order valence-electron chi connectivity index (χ4n) is 2.07. The average molecular weight is 303 g/mol. The summed E-state index contributed by atoms with van der Waals surface area (Å²) in [6, 6.07) is 6.16. The molecule has 0 aliphatic carbocycles. The van der Waals surface area contributed by atoms with Crippen LogP contribution < -0.4 is 15.4 Å². The minimum atomic E-state index is -0.391. The predicted molar refractivity (Wildman–Crippen MR) is 77.8 cm³/mol. The van der Waals surface area contributed by atoms with Gasteiger partial charge in [0.1, 0.15) is 6.10 Å². The standard InChI is InChI=1S/C14H19FN2O2.ClH/c1-10(19-13-7-3-2-5-11(13)15)9-17-14(18)12-6-4-8-16-12;/h2-3,5,7,10,12,16H,4,6,8-9H2,1H3,(H,17,18);1H. The third-order valence-corrected chi connectivity index (χ3v) is 3.11. The Morgan fingerprint density at radius 1 is 1.55 bits per heavy atom. The van der Waals surface area contributed by atoms with Gasteiger partial charge in [0.05, 0.1) is 12.6 Å². The highest BCUT2D eigenvalue weighted by molar-refractivity contribution is 5.85. The van der Waals surface area contributed by atoms with Crippen LogP contribution in [-0.4, -0.2) is 31.1 Å². The third-order valence-electron chi connectivity index (χ3n) is 3.11. The van der Waals surface area contributed by atoms with Crippen molar-refractivity contribution in [2.45, 2.75) is 31.9 Å². The van der Waals surface area contributed by atoms with Crippen LogP contribution in [0.2, 0.25) is 0 Å². The molecule has 0 bridgehead atoms. The number of halogens is 2. The highest BCUT2D eigenvalue weighted by Gasteiger charge is 2.22. The Labute approximate surface area is 124 Å². The van der Waals surface area contributed by atoms with Crippen LogP contribution in [0.15, 0.2) is 24.3 Å². The molecule has 0 aromatic heterocycles. The molecule has 1 fully saturated rings. The molecule has 2 rings (SSSR count). The zero-order valence-electron chi connectivity index (χ0n) is 11.4. The molecule has 6 heteroatoms. The molecule has 1 aliphatic rings. The molecule has 112 valence electrons. The van der Waals surface area contributed by atoms with E-state index in [4.69, 9.17) is 4.74 Å². The van der Waals surface area contributed by atoms with E-state index in [0.717, 1.165) is 19.4 Å². The molecule has 2 unspecified atom stereocenters. The minimum Gasteiger partial charge on any atom is -0.486 e. The van der Waals surface area contributed by atoms with Gasteiger partial charge in [-0.05, 0) is 38.4 Å². The number of carbonyl (C=O) groups excluding carboxylic acids is 1. The molecule has 0 saturated carbocycles. The SMILES string of the molecule is CC(CNC(=O)C1CCCN1)Oc1ccccc1F.Cl. The van der Waals surface area contributed by atoms with Crippen LogP contribution in [0, 0.1) is 5.82 Å². The van der Waals surface area contributed by atoms with Crippen molar-refractivity contribution in [3.8, 4) is 5.75 Å². The summed E-state index contributed by atoms with van der Waals surface area (Å²) in [5, 5.41) is 5.94. The van der Waals surface area contributed by atoms with Gasteiger partial charge >= 0.3 is 0 Å². The lowest BCUT2D eigenvalue weighted by atomic mass is 10.2. The monoisotopic (exact) mass is 302 g/mol. The van der Waals surface area contributed by atoms with Crippen molar-refractivity contribution in [2.75, 3.05) is 13.1 Å². The van der Waals surface area contributed by atoms with Crippen LogP contribution in [0.4, 0.5) is 4.39 Å². The van der Waals surface area contributed by atoms with E-state index in [1.165, 1.54) is 6.07 Å². The number of ether oxygens (including phenoxy) is 1. The van der Waals surface area contributed by atoms with Gasteiger partial charge in [-0.2, -0.15) is 0 Å². The molecule has 20 heavy (non-hydrogen) atoms. The van der Waals surface area contributed by atoms with Gasteiger partial charge in [-0.1, -0.05) is 12.1 Å². The van der Waals surface area contributed by atoms with Crippen molar-refractivity contribution >= 4 is 18.3 Å². The van der Waals surface area contributed by atoms with E-state index < -0.39 is 5.82 Å². The van der Waals surface area contributed by atoms with Crippen LogP contribution in [0.5, 0.6) is 5.75 Å². The molecule has 1 heterocycles. The summed E-state index contributed by atoms with van der Waals surface area (Å²) in [6.07, 6.45) is 1.62. The fraction of sp³-hybridized carbons (Fsp3) is 0.500. The Balaban J connectivity index is 0.00000200. The summed E-state index contributed by atoms with van der Waals surface area (Å²) in [4.78, 5) is 11.8. The van der Waals surface area contributed by atoms with Crippen LogP contribution in [0.25, 0.3) is 0 Å².